The zero-order valence-electron chi connectivity index (χ0n) is 15.5. The molecular weight excluding hydrogens is 380 g/mol. The summed E-state index contributed by atoms with van der Waals surface area (Å²) in [5.41, 5.74) is 5.37. The van der Waals surface area contributed by atoms with Gasteiger partial charge in [0.2, 0.25) is 11.8 Å². The Bertz CT molecular complexity index is 879. The smallest absolute Gasteiger partial charge is 0.226 e. The number of amides is 2. The SMILES string of the molecule is NC(=O)C1CCN(C(=O)[C@@H]2[C@@H]3CC[C@]4(CC(=O)c5cc(Cl)ccc5O4)[C@H]32)CC1. The van der Waals surface area contributed by atoms with Crippen LogP contribution < -0.4 is 10.5 Å². The number of carbonyl (C=O) groups excluding carboxylic acids is 3. The van der Waals surface area contributed by atoms with E-state index in [0.717, 1.165) is 12.8 Å². The molecule has 2 heterocycles. The zero-order valence-corrected chi connectivity index (χ0v) is 16.3. The number of ketones is 1. The minimum Gasteiger partial charge on any atom is -0.486 e. The van der Waals surface area contributed by atoms with E-state index in [1.54, 1.807) is 18.2 Å². The van der Waals surface area contributed by atoms with Crippen LogP contribution in [-0.4, -0.2) is 41.2 Å². The first-order valence-electron chi connectivity index (χ1n) is 9.99. The Hall–Kier alpha value is -2.08. The standard InChI is InChI=1S/C21H23ClN2O4/c22-12-1-2-16-14(9-12)15(25)10-21(28-16)6-3-13-17(18(13)21)20(27)24-7-4-11(5-8-24)19(23)26/h1-2,9,11,13,17-18H,3-8,10H2,(H2,23,26)/t13-,17+,18+,21-/m0/s1. The van der Waals surface area contributed by atoms with Gasteiger partial charge in [-0.2, -0.15) is 0 Å². The summed E-state index contributed by atoms with van der Waals surface area (Å²) in [7, 11) is 0. The minimum atomic E-state index is -0.561. The van der Waals surface area contributed by atoms with Crippen LogP contribution in [0.5, 0.6) is 5.75 Å². The van der Waals surface area contributed by atoms with Crippen LogP contribution in [0.4, 0.5) is 0 Å². The third kappa shape index (κ3) is 2.65. The summed E-state index contributed by atoms with van der Waals surface area (Å²) in [5.74, 6) is 0.700. The molecule has 6 nitrogen and oxygen atoms in total. The first-order chi connectivity index (χ1) is 13.4. The Kier molecular flexibility index (Phi) is 3.99. The lowest BCUT2D eigenvalue weighted by atomic mass is 9.84. The molecule has 2 N–H and O–H groups in total. The Morgan fingerprint density at radius 2 is 1.96 bits per heavy atom. The van der Waals surface area contributed by atoms with Gasteiger partial charge in [-0.25, -0.2) is 0 Å². The van der Waals surface area contributed by atoms with Crippen molar-refractivity contribution < 1.29 is 19.1 Å². The summed E-state index contributed by atoms with van der Waals surface area (Å²) in [5, 5.41) is 0.523. The molecule has 1 saturated heterocycles. The summed E-state index contributed by atoms with van der Waals surface area (Å²) in [6.45, 7) is 1.16. The highest BCUT2D eigenvalue weighted by Gasteiger charge is 2.71. The van der Waals surface area contributed by atoms with E-state index in [2.05, 4.69) is 0 Å². The number of likely N-dealkylation sites (tertiary alicyclic amines) is 1. The number of nitrogens with two attached hydrogens (primary N) is 1. The van der Waals surface area contributed by atoms with Crippen LogP contribution in [0.3, 0.4) is 0 Å². The zero-order chi connectivity index (χ0) is 19.6. The maximum absolute atomic E-state index is 13.1. The number of rotatable bonds is 2. The summed E-state index contributed by atoms with van der Waals surface area (Å²) in [6.07, 6.45) is 3.31. The van der Waals surface area contributed by atoms with E-state index in [9.17, 15) is 14.4 Å². The van der Waals surface area contributed by atoms with Crippen molar-refractivity contribution in [3.05, 3.63) is 28.8 Å². The predicted molar refractivity (Wildman–Crippen MR) is 102 cm³/mol. The molecule has 2 aliphatic heterocycles. The topological polar surface area (TPSA) is 89.7 Å². The van der Waals surface area contributed by atoms with Gasteiger partial charge in [0.05, 0.1) is 12.0 Å². The first kappa shape index (κ1) is 18.0. The molecule has 1 aromatic rings. The van der Waals surface area contributed by atoms with Crippen LogP contribution in [0.1, 0.15) is 42.5 Å². The van der Waals surface area contributed by atoms with Crippen LogP contribution in [0.15, 0.2) is 18.2 Å². The molecular formula is C21H23ClN2O4. The normalized spacial score (nSPS) is 34.0. The summed E-state index contributed by atoms with van der Waals surface area (Å²) >= 11 is 6.02. The molecule has 5 rings (SSSR count). The maximum Gasteiger partial charge on any atom is 0.226 e. The van der Waals surface area contributed by atoms with Crippen LogP contribution >= 0.6 is 11.6 Å². The fourth-order valence-electron chi connectivity index (χ4n) is 5.72. The number of hydrogen-bond donors (Lipinski definition) is 1. The number of primary amides is 1. The average molecular weight is 403 g/mol. The van der Waals surface area contributed by atoms with Crippen molar-refractivity contribution >= 4 is 29.2 Å². The Morgan fingerprint density at radius 3 is 2.68 bits per heavy atom. The maximum atomic E-state index is 13.1. The lowest BCUT2D eigenvalue weighted by Crippen LogP contribution is -2.46. The third-order valence-electron chi connectivity index (χ3n) is 7.19. The second-order valence-electron chi connectivity index (χ2n) is 8.66. The second kappa shape index (κ2) is 6.21. The summed E-state index contributed by atoms with van der Waals surface area (Å²) in [6, 6.07) is 5.16. The van der Waals surface area contributed by atoms with Gasteiger partial charge in [0.25, 0.3) is 0 Å². The molecule has 0 unspecified atom stereocenters. The molecule has 0 radical (unpaired) electrons. The van der Waals surface area contributed by atoms with Crippen LogP contribution in [0, 0.1) is 23.7 Å². The number of halogens is 1. The highest BCUT2D eigenvalue weighted by atomic mass is 35.5. The van der Waals surface area contributed by atoms with Gasteiger partial charge < -0.3 is 15.4 Å². The van der Waals surface area contributed by atoms with E-state index in [0.29, 0.717) is 54.6 Å². The fourth-order valence-corrected chi connectivity index (χ4v) is 5.89. The van der Waals surface area contributed by atoms with Gasteiger partial charge >= 0.3 is 0 Å². The van der Waals surface area contributed by atoms with Gasteiger partial charge in [0, 0.05) is 35.9 Å². The van der Waals surface area contributed by atoms with E-state index in [4.69, 9.17) is 22.1 Å². The lowest BCUT2D eigenvalue weighted by Gasteiger charge is -2.38. The van der Waals surface area contributed by atoms with E-state index in [1.165, 1.54) is 0 Å². The molecule has 1 aromatic carbocycles. The van der Waals surface area contributed by atoms with Gasteiger partial charge in [-0.3, -0.25) is 14.4 Å². The van der Waals surface area contributed by atoms with E-state index < -0.39 is 5.60 Å². The van der Waals surface area contributed by atoms with Gasteiger partial charge in [-0.15, -0.1) is 0 Å². The molecule has 0 bridgehead atoms. The molecule has 148 valence electrons. The fraction of sp³-hybridized carbons (Fsp3) is 0.571. The number of hydrogen-bond acceptors (Lipinski definition) is 4. The van der Waals surface area contributed by atoms with Gasteiger partial charge in [0.15, 0.2) is 5.78 Å². The molecule has 1 spiro atoms. The summed E-state index contributed by atoms with van der Waals surface area (Å²) in [4.78, 5) is 39.1. The largest absolute Gasteiger partial charge is 0.486 e. The Morgan fingerprint density at radius 1 is 1.21 bits per heavy atom. The van der Waals surface area contributed by atoms with E-state index >= 15 is 0 Å². The quantitative estimate of drug-likeness (QED) is 0.822. The number of fused-ring (bicyclic) bond motifs is 3. The van der Waals surface area contributed by atoms with Crippen molar-refractivity contribution in [2.75, 3.05) is 13.1 Å². The highest BCUT2D eigenvalue weighted by Crippen LogP contribution is 2.66. The third-order valence-corrected chi connectivity index (χ3v) is 7.42. The van der Waals surface area contributed by atoms with Crippen LogP contribution in [0.25, 0.3) is 0 Å². The number of benzene rings is 1. The first-order valence-corrected chi connectivity index (χ1v) is 10.4. The molecule has 0 aromatic heterocycles. The molecule has 4 atom stereocenters. The van der Waals surface area contributed by atoms with Gasteiger partial charge in [-0.1, -0.05) is 11.6 Å². The van der Waals surface area contributed by atoms with Crippen LogP contribution in [0.2, 0.25) is 5.02 Å². The summed E-state index contributed by atoms with van der Waals surface area (Å²) < 4.78 is 6.36. The lowest BCUT2D eigenvalue weighted by molar-refractivity contribution is -0.137. The van der Waals surface area contributed by atoms with Crippen molar-refractivity contribution in [2.45, 2.75) is 37.7 Å². The minimum absolute atomic E-state index is 0.0461. The highest BCUT2D eigenvalue weighted by molar-refractivity contribution is 6.31. The Balaban J connectivity index is 1.32. The number of nitrogens with zero attached hydrogens (tertiary/aromatic N) is 1. The Labute approximate surface area is 168 Å². The van der Waals surface area contributed by atoms with Crippen molar-refractivity contribution in [3.63, 3.8) is 0 Å². The van der Waals surface area contributed by atoms with Crippen molar-refractivity contribution in [2.24, 2.45) is 29.4 Å². The van der Waals surface area contributed by atoms with Crippen molar-refractivity contribution in [1.29, 1.82) is 0 Å². The van der Waals surface area contributed by atoms with Gasteiger partial charge in [0.1, 0.15) is 11.4 Å². The van der Waals surface area contributed by atoms with E-state index in [-0.39, 0.29) is 35.4 Å². The number of piperidine rings is 1. The van der Waals surface area contributed by atoms with Crippen LogP contribution in [-0.2, 0) is 9.59 Å². The van der Waals surface area contributed by atoms with Crippen molar-refractivity contribution in [1.82, 2.24) is 4.90 Å². The molecule has 7 heteroatoms. The average Bonchev–Trinajstić information content (AvgIpc) is 3.32. The van der Waals surface area contributed by atoms with Gasteiger partial charge in [-0.05, 0) is 49.8 Å². The second-order valence-corrected chi connectivity index (χ2v) is 9.10. The monoisotopic (exact) mass is 402 g/mol. The van der Waals surface area contributed by atoms with E-state index in [1.807, 2.05) is 4.90 Å². The molecule has 28 heavy (non-hydrogen) atoms. The molecule has 2 aliphatic carbocycles. The molecule has 4 aliphatic rings. The molecule has 2 amide bonds. The van der Waals surface area contributed by atoms with Crippen molar-refractivity contribution in [3.8, 4) is 5.75 Å². The number of Topliss-reactive ketones (excluding diaryl/α,β-unsaturated/α-hetero) is 1. The number of ether oxygens (including phenoxy) is 1. The number of carbonyl (C=O) groups is 3. The molecule has 3 fully saturated rings. The predicted octanol–water partition coefficient (Wildman–Crippen LogP) is 2.42. The molecule has 2 saturated carbocycles.